The minimum Gasteiger partial charge on any atom is -0.324 e. The zero-order valence-electron chi connectivity index (χ0n) is 9.97. The molecule has 0 aliphatic heterocycles. The molecule has 0 radical (unpaired) electrons. The first-order chi connectivity index (χ1) is 8.31. The van der Waals surface area contributed by atoms with E-state index in [0.29, 0.717) is 0 Å². The summed E-state index contributed by atoms with van der Waals surface area (Å²) in [5.41, 5.74) is 7.38. The summed E-state index contributed by atoms with van der Waals surface area (Å²) in [6, 6.07) is 18.9. The molecule has 1 atom stereocenters. The molecule has 0 saturated carbocycles. The fraction of sp³-hybridized carbons (Fsp3) is 0.200. The molecule has 0 aromatic heterocycles. The molecule has 2 rings (SSSR count). The van der Waals surface area contributed by atoms with Gasteiger partial charge in [0.25, 0.3) is 0 Å². The van der Waals surface area contributed by atoms with Crippen molar-refractivity contribution in [3.05, 3.63) is 60.2 Å². The van der Waals surface area contributed by atoms with E-state index in [9.17, 15) is 0 Å². The van der Waals surface area contributed by atoms with Gasteiger partial charge in [-0.2, -0.15) is 0 Å². The number of rotatable bonds is 4. The smallest absolute Gasteiger partial charge is 0.0303 e. The standard InChI is InChI=1S/C15H17NS/c1-2-14(16)13-10-6-7-11-15(13)17-12-8-4-3-5-9-12/h3-11,14H,2,16H2,1H3/t14-/m0/s1. The molecule has 0 aliphatic carbocycles. The zero-order chi connectivity index (χ0) is 12.1. The summed E-state index contributed by atoms with van der Waals surface area (Å²) in [6.07, 6.45) is 0.965. The molecule has 0 spiro atoms. The third kappa shape index (κ3) is 3.11. The third-order valence-electron chi connectivity index (χ3n) is 2.73. The van der Waals surface area contributed by atoms with Crippen molar-refractivity contribution < 1.29 is 0 Å². The topological polar surface area (TPSA) is 26.0 Å². The SMILES string of the molecule is CC[C@H](N)c1ccccc1Sc1ccccc1. The van der Waals surface area contributed by atoms with Crippen molar-refractivity contribution in [2.45, 2.75) is 29.2 Å². The van der Waals surface area contributed by atoms with Crippen LogP contribution in [0.1, 0.15) is 24.9 Å². The van der Waals surface area contributed by atoms with Gasteiger partial charge in [-0.05, 0) is 30.2 Å². The first-order valence-corrected chi connectivity index (χ1v) is 6.70. The van der Waals surface area contributed by atoms with Crippen LogP contribution in [0.3, 0.4) is 0 Å². The zero-order valence-corrected chi connectivity index (χ0v) is 10.8. The third-order valence-corrected chi connectivity index (χ3v) is 3.83. The van der Waals surface area contributed by atoms with Crippen LogP contribution >= 0.6 is 11.8 Å². The lowest BCUT2D eigenvalue weighted by atomic mass is 10.1. The molecular weight excluding hydrogens is 226 g/mol. The Morgan fingerprint density at radius 1 is 1.00 bits per heavy atom. The Morgan fingerprint density at radius 2 is 1.65 bits per heavy atom. The highest BCUT2D eigenvalue weighted by Crippen LogP contribution is 2.33. The Hall–Kier alpha value is -1.25. The molecule has 0 saturated heterocycles. The summed E-state index contributed by atoms with van der Waals surface area (Å²) < 4.78 is 0. The minimum atomic E-state index is 0.127. The summed E-state index contributed by atoms with van der Waals surface area (Å²) in [5, 5.41) is 0. The molecule has 0 unspecified atom stereocenters. The van der Waals surface area contributed by atoms with Crippen LogP contribution in [0.4, 0.5) is 0 Å². The van der Waals surface area contributed by atoms with Gasteiger partial charge in [0.05, 0.1) is 0 Å². The maximum absolute atomic E-state index is 6.14. The number of hydrogen-bond donors (Lipinski definition) is 1. The Balaban J connectivity index is 2.27. The first-order valence-electron chi connectivity index (χ1n) is 5.88. The molecule has 1 nitrogen and oxygen atoms in total. The fourth-order valence-electron chi connectivity index (χ4n) is 1.72. The van der Waals surface area contributed by atoms with Gasteiger partial charge in [-0.15, -0.1) is 0 Å². The van der Waals surface area contributed by atoms with Crippen molar-refractivity contribution in [2.24, 2.45) is 5.73 Å². The van der Waals surface area contributed by atoms with Crippen molar-refractivity contribution >= 4 is 11.8 Å². The molecule has 88 valence electrons. The number of benzene rings is 2. The molecule has 2 N–H and O–H groups in total. The van der Waals surface area contributed by atoms with Crippen LogP contribution in [0, 0.1) is 0 Å². The van der Waals surface area contributed by atoms with E-state index in [1.165, 1.54) is 15.4 Å². The van der Waals surface area contributed by atoms with E-state index < -0.39 is 0 Å². The molecule has 2 aromatic carbocycles. The number of nitrogens with two attached hydrogens (primary N) is 1. The average molecular weight is 243 g/mol. The maximum Gasteiger partial charge on any atom is 0.0303 e. The second-order valence-corrected chi connectivity index (χ2v) is 5.08. The summed E-state index contributed by atoms with van der Waals surface area (Å²) in [6.45, 7) is 2.12. The Labute approximate surface area is 107 Å². The maximum atomic E-state index is 6.14. The van der Waals surface area contributed by atoms with Crippen molar-refractivity contribution in [3.63, 3.8) is 0 Å². The lowest BCUT2D eigenvalue weighted by Gasteiger charge is -2.14. The highest BCUT2D eigenvalue weighted by Gasteiger charge is 2.09. The Kier molecular flexibility index (Phi) is 4.24. The van der Waals surface area contributed by atoms with Crippen molar-refractivity contribution in [1.29, 1.82) is 0 Å². The largest absolute Gasteiger partial charge is 0.324 e. The Bertz CT molecular complexity index is 467. The van der Waals surface area contributed by atoms with E-state index in [1.807, 2.05) is 6.07 Å². The van der Waals surface area contributed by atoms with Crippen LogP contribution in [-0.2, 0) is 0 Å². The molecule has 0 heterocycles. The van der Waals surface area contributed by atoms with E-state index in [4.69, 9.17) is 5.73 Å². The summed E-state index contributed by atoms with van der Waals surface area (Å²) in [7, 11) is 0. The first kappa shape index (κ1) is 12.2. The predicted octanol–water partition coefficient (Wildman–Crippen LogP) is 4.25. The second kappa shape index (κ2) is 5.89. The number of hydrogen-bond acceptors (Lipinski definition) is 2. The van der Waals surface area contributed by atoms with Crippen molar-refractivity contribution in [1.82, 2.24) is 0 Å². The van der Waals surface area contributed by atoms with Crippen LogP contribution in [0.2, 0.25) is 0 Å². The highest BCUT2D eigenvalue weighted by atomic mass is 32.2. The highest BCUT2D eigenvalue weighted by molar-refractivity contribution is 7.99. The van der Waals surface area contributed by atoms with Gasteiger partial charge < -0.3 is 5.73 Å². The minimum absolute atomic E-state index is 0.127. The van der Waals surface area contributed by atoms with Crippen LogP contribution in [-0.4, -0.2) is 0 Å². The molecule has 0 fully saturated rings. The van der Waals surface area contributed by atoms with Crippen LogP contribution in [0.15, 0.2) is 64.4 Å². The van der Waals surface area contributed by atoms with E-state index in [1.54, 1.807) is 11.8 Å². The lowest BCUT2D eigenvalue weighted by Crippen LogP contribution is -2.09. The summed E-state index contributed by atoms with van der Waals surface area (Å²) in [4.78, 5) is 2.51. The van der Waals surface area contributed by atoms with E-state index in [-0.39, 0.29) is 6.04 Å². The van der Waals surface area contributed by atoms with Gasteiger partial charge in [0.1, 0.15) is 0 Å². The lowest BCUT2D eigenvalue weighted by molar-refractivity contribution is 0.685. The second-order valence-electron chi connectivity index (χ2n) is 3.97. The van der Waals surface area contributed by atoms with Gasteiger partial charge in [0.15, 0.2) is 0 Å². The molecule has 0 amide bonds. The predicted molar refractivity (Wildman–Crippen MR) is 74.2 cm³/mol. The average Bonchev–Trinajstić information content (AvgIpc) is 2.40. The van der Waals surface area contributed by atoms with E-state index >= 15 is 0 Å². The van der Waals surface area contributed by atoms with E-state index in [0.717, 1.165) is 6.42 Å². The normalized spacial score (nSPS) is 12.4. The van der Waals surface area contributed by atoms with Crippen LogP contribution in [0.25, 0.3) is 0 Å². The van der Waals surface area contributed by atoms with Gasteiger partial charge in [-0.1, -0.05) is 55.1 Å². The Morgan fingerprint density at radius 3 is 2.35 bits per heavy atom. The van der Waals surface area contributed by atoms with Gasteiger partial charge in [-0.3, -0.25) is 0 Å². The molecule has 0 aliphatic rings. The molecule has 2 heteroatoms. The van der Waals surface area contributed by atoms with Crippen LogP contribution in [0.5, 0.6) is 0 Å². The monoisotopic (exact) mass is 243 g/mol. The van der Waals surface area contributed by atoms with E-state index in [2.05, 4.69) is 55.5 Å². The van der Waals surface area contributed by atoms with Gasteiger partial charge >= 0.3 is 0 Å². The van der Waals surface area contributed by atoms with Gasteiger partial charge in [-0.25, -0.2) is 0 Å². The summed E-state index contributed by atoms with van der Waals surface area (Å²) in [5.74, 6) is 0. The van der Waals surface area contributed by atoms with Gasteiger partial charge in [0, 0.05) is 15.8 Å². The molecule has 17 heavy (non-hydrogen) atoms. The molecular formula is C15H17NS. The van der Waals surface area contributed by atoms with Crippen LogP contribution < -0.4 is 5.73 Å². The van der Waals surface area contributed by atoms with Gasteiger partial charge in [0.2, 0.25) is 0 Å². The molecule has 0 bridgehead atoms. The molecule has 2 aromatic rings. The quantitative estimate of drug-likeness (QED) is 0.868. The fourth-order valence-corrected chi connectivity index (χ4v) is 2.75. The van der Waals surface area contributed by atoms with Crippen molar-refractivity contribution in [3.8, 4) is 0 Å². The summed E-state index contributed by atoms with van der Waals surface area (Å²) >= 11 is 1.78. The van der Waals surface area contributed by atoms with Crippen molar-refractivity contribution in [2.75, 3.05) is 0 Å².